The van der Waals surface area contributed by atoms with Gasteiger partial charge in [0, 0.05) is 5.69 Å². The molecule has 0 radical (unpaired) electrons. The summed E-state index contributed by atoms with van der Waals surface area (Å²) in [5, 5.41) is 19.0. The first kappa shape index (κ1) is 15.0. The summed E-state index contributed by atoms with van der Waals surface area (Å²) in [4.78, 5) is 16.2. The molecule has 0 atom stereocenters. The minimum absolute atomic E-state index is 0.0498. The van der Waals surface area contributed by atoms with E-state index in [-0.39, 0.29) is 12.1 Å². The van der Waals surface area contributed by atoms with Gasteiger partial charge in [-0.1, -0.05) is 18.2 Å². The number of carbonyl (C=O) groups is 1. The van der Waals surface area contributed by atoms with Crippen LogP contribution in [0.4, 0.5) is 11.5 Å². The summed E-state index contributed by atoms with van der Waals surface area (Å²) >= 11 is 0. The molecule has 0 saturated heterocycles. The molecule has 0 spiro atoms. The Morgan fingerprint density at radius 2 is 2.04 bits per heavy atom. The first-order valence-corrected chi connectivity index (χ1v) is 7.60. The predicted molar refractivity (Wildman–Crippen MR) is 86.2 cm³/mol. The van der Waals surface area contributed by atoms with Gasteiger partial charge >= 0.3 is 5.97 Å². The zero-order valence-electron chi connectivity index (χ0n) is 13.2. The van der Waals surface area contributed by atoms with Gasteiger partial charge in [-0.3, -0.25) is 9.20 Å². The van der Waals surface area contributed by atoms with Gasteiger partial charge in [-0.15, -0.1) is 10.2 Å². The molecule has 0 aliphatic heterocycles. The zero-order chi connectivity index (χ0) is 17.2. The Kier molecular flexibility index (Phi) is 3.69. The van der Waals surface area contributed by atoms with Crippen LogP contribution in [0.1, 0.15) is 12.7 Å². The quantitative estimate of drug-likeness (QED) is 0.539. The summed E-state index contributed by atoms with van der Waals surface area (Å²) in [5.74, 6) is 0.389. The molecule has 10 heteroatoms. The highest BCUT2D eigenvalue weighted by Crippen LogP contribution is 2.23. The number of anilines is 2. The van der Waals surface area contributed by atoms with E-state index in [1.807, 2.05) is 30.3 Å². The molecule has 0 fully saturated rings. The minimum Gasteiger partial charge on any atom is -0.466 e. The minimum atomic E-state index is -0.407. The third-order valence-corrected chi connectivity index (χ3v) is 3.47. The van der Waals surface area contributed by atoms with Gasteiger partial charge in [-0.2, -0.15) is 0 Å². The van der Waals surface area contributed by atoms with E-state index in [2.05, 4.69) is 30.8 Å². The monoisotopic (exact) mass is 339 g/mol. The molecule has 1 N–H and O–H groups in total. The Bertz CT molecular complexity index is 1040. The molecule has 10 nitrogen and oxygen atoms in total. The van der Waals surface area contributed by atoms with Crippen LogP contribution in [-0.4, -0.2) is 42.5 Å². The van der Waals surface area contributed by atoms with Crippen molar-refractivity contribution in [2.24, 2.45) is 0 Å². The van der Waals surface area contributed by atoms with Crippen LogP contribution in [0.2, 0.25) is 0 Å². The van der Waals surface area contributed by atoms with E-state index in [1.165, 1.54) is 0 Å². The second-order valence-corrected chi connectivity index (χ2v) is 5.12. The lowest BCUT2D eigenvalue weighted by atomic mass is 10.3. The average molecular weight is 339 g/mol. The van der Waals surface area contributed by atoms with E-state index in [1.54, 1.807) is 11.3 Å². The molecule has 3 aromatic heterocycles. The van der Waals surface area contributed by atoms with E-state index in [4.69, 9.17) is 9.37 Å². The third-order valence-electron chi connectivity index (χ3n) is 3.47. The zero-order valence-corrected chi connectivity index (χ0v) is 13.2. The van der Waals surface area contributed by atoms with Crippen LogP contribution < -0.4 is 5.32 Å². The largest absolute Gasteiger partial charge is 0.466 e. The van der Waals surface area contributed by atoms with E-state index in [0.29, 0.717) is 29.5 Å². The highest BCUT2D eigenvalue weighted by molar-refractivity contribution is 5.80. The Morgan fingerprint density at radius 3 is 2.84 bits per heavy atom. The number of nitrogens with one attached hydrogen (secondary N) is 1. The number of ether oxygens (including phenoxy) is 1. The summed E-state index contributed by atoms with van der Waals surface area (Å²) < 4.78 is 11.3. The van der Waals surface area contributed by atoms with Crippen LogP contribution in [0.5, 0.6) is 0 Å². The molecule has 0 saturated carbocycles. The molecule has 4 rings (SSSR count). The maximum Gasteiger partial charge on any atom is 0.313 e. The lowest BCUT2D eigenvalue weighted by Crippen LogP contribution is -2.11. The number of hydrogen-bond donors (Lipinski definition) is 1. The summed E-state index contributed by atoms with van der Waals surface area (Å²) in [6.07, 6.45) is -0.0498. The topological polar surface area (TPSA) is 120 Å². The SMILES string of the molecule is CCOC(=O)Cc1nnc2c(Nc3ccccc3)nc3nonc3n12. The number of aromatic nitrogens is 6. The number of rotatable bonds is 5. The normalized spacial score (nSPS) is 11.1. The van der Waals surface area contributed by atoms with Crippen molar-refractivity contribution < 1.29 is 14.2 Å². The molecule has 0 aliphatic rings. The van der Waals surface area contributed by atoms with Crippen molar-refractivity contribution >= 4 is 34.4 Å². The third kappa shape index (κ3) is 2.73. The molecule has 25 heavy (non-hydrogen) atoms. The lowest BCUT2D eigenvalue weighted by molar-refractivity contribution is -0.142. The van der Waals surface area contributed by atoms with Gasteiger partial charge in [-0.05, 0) is 29.4 Å². The van der Waals surface area contributed by atoms with Gasteiger partial charge in [0.2, 0.25) is 16.9 Å². The van der Waals surface area contributed by atoms with Gasteiger partial charge in [0.1, 0.15) is 6.42 Å². The Hall–Kier alpha value is -3.56. The molecule has 126 valence electrons. The predicted octanol–water partition coefficient (Wildman–Crippen LogP) is 1.51. The van der Waals surface area contributed by atoms with Gasteiger partial charge in [0.15, 0.2) is 11.6 Å². The number of benzene rings is 1. The fourth-order valence-corrected chi connectivity index (χ4v) is 2.44. The smallest absolute Gasteiger partial charge is 0.313 e. The number of fused-ring (bicyclic) bond motifs is 3. The van der Waals surface area contributed by atoms with Crippen molar-refractivity contribution in [1.82, 2.24) is 29.9 Å². The van der Waals surface area contributed by atoms with Gasteiger partial charge in [0.25, 0.3) is 0 Å². The second kappa shape index (κ2) is 6.15. The second-order valence-electron chi connectivity index (χ2n) is 5.12. The maximum absolute atomic E-state index is 11.8. The molecule has 0 aliphatic carbocycles. The summed E-state index contributed by atoms with van der Waals surface area (Å²) in [7, 11) is 0. The number of carbonyl (C=O) groups excluding carboxylic acids is 1. The van der Waals surface area contributed by atoms with Crippen LogP contribution in [0.25, 0.3) is 16.9 Å². The van der Waals surface area contributed by atoms with E-state index in [9.17, 15) is 4.79 Å². The molecule has 1 aromatic carbocycles. The van der Waals surface area contributed by atoms with Gasteiger partial charge in [-0.25, -0.2) is 9.61 Å². The van der Waals surface area contributed by atoms with Crippen LogP contribution in [-0.2, 0) is 16.0 Å². The highest BCUT2D eigenvalue weighted by Gasteiger charge is 2.20. The van der Waals surface area contributed by atoms with Crippen molar-refractivity contribution in [3.8, 4) is 0 Å². The molecule has 4 aromatic rings. The van der Waals surface area contributed by atoms with Crippen LogP contribution >= 0.6 is 0 Å². The molecule has 0 unspecified atom stereocenters. The van der Waals surface area contributed by atoms with Crippen molar-refractivity contribution in [2.45, 2.75) is 13.3 Å². The number of hydrogen-bond acceptors (Lipinski definition) is 9. The van der Waals surface area contributed by atoms with Gasteiger partial charge < -0.3 is 10.1 Å². The fraction of sp³-hybridized carbons (Fsp3) is 0.200. The molecule has 0 amide bonds. The van der Waals surface area contributed by atoms with Crippen LogP contribution in [0, 0.1) is 0 Å². The van der Waals surface area contributed by atoms with Crippen molar-refractivity contribution in [3.63, 3.8) is 0 Å². The molecular formula is C15H13N7O3. The van der Waals surface area contributed by atoms with E-state index in [0.717, 1.165) is 5.69 Å². The number of esters is 1. The summed E-state index contributed by atoms with van der Waals surface area (Å²) in [5.41, 5.74) is 1.84. The van der Waals surface area contributed by atoms with Crippen LogP contribution in [0.15, 0.2) is 35.0 Å². The van der Waals surface area contributed by atoms with Crippen LogP contribution in [0.3, 0.4) is 0 Å². The average Bonchev–Trinajstić information content (AvgIpc) is 3.23. The van der Waals surface area contributed by atoms with Crippen molar-refractivity contribution in [3.05, 3.63) is 36.2 Å². The first-order valence-electron chi connectivity index (χ1n) is 7.60. The Balaban J connectivity index is 1.83. The molecular weight excluding hydrogens is 326 g/mol. The maximum atomic E-state index is 11.8. The number of para-hydroxylation sites is 1. The highest BCUT2D eigenvalue weighted by atomic mass is 16.6. The standard InChI is InChI=1S/C15H13N7O3/c1-2-24-11(23)8-10-18-19-14-12(16-9-6-4-3-5-7-9)17-13-15(22(10)14)21-25-20-13/h3-7H,2,8H2,1H3,(H,16,17,20). The summed E-state index contributed by atoms with van der Waals surface area (Å²) in [6.45, 7) is 2.03. The summed E-state index contributed by atoms with van der Waals surface area (Å²) in [6, 6.07) is 9.48. The molecule has 0 bridgehead atoms. The van der Waals surface area contributed by atoms with E-state index < -0.39 is 5.97 Å². The Labute approximate surface area is 140 Å². The van der Waals surface area contributed by atoms with Crippen molar-refractivity contribution in [1.29, 1.82) is 0 Å². The van der Waals surface area contributed by atoms with E-state index >= 15 is 0 Å². The Morgan fingerprint density at radius 1 is 1.20 bits per heavy atom. The van der Waals surface area contributed by atoms with Gasteiger partial charge in [0.05, 0.1) is 6.61 Å². The lowest BCUT2D eigenvalue weighted by Gasteiger charge is -2.06. The fourth-order valence-electron chi connectivity index (χ4n) is 2.44. The first-order chi connectivity index (χ1) is 12.3. The molecule has 3 heterocycles. The number of nitrogens with zero attached hydrogens (tertiary/aromatic N) is 6. The van der Waals surface area contributed by atoms with Crippen molar-refractivity contribution in [2.75, 3.05) is 11.9 Å².